The number of nitrogens with two attached hydrogens (primary N) is 1. The van der Waals surface area contributed by atoms with Crippen LogP contribution in [-0.4, -0.2) is 24.3 Å². The number of halogens is 1. The predicted octanol–water partition coefficient (Wildman–Crippen LogP) is 3.78. The normalized spacial score (nSPS) is 13.1. The number of rotatable bonds is 5. The maximum Gasteiger partial charge on any atom is 0.343 e. The first-order valence-corrected chi connectivity index (χ1v) is 9.83. The number of nitrogen functional groups attached to an aromatic ring is 1. The smallest absolute Gasteiger partial charge is 0.343 e. The van der Waals surface area contributed by atoms with Crippen LogP contribution in [0.25, 0.3) is 22.0 Å². The lowest BCUT2D eigenvalue weighted by Gasteiger charge is -2.19. The molecule has 1 aromatic heterocycles. The van der Waals surface area contributed by atoms with E-state index in [0.29, 0.717) is 11.1 Å². The number of hydrogen-bond acceptors (Lipinski definition) is 6. The van der Waals surface area contributed by atoms with Crippen molar-refractivity contribution in [1.29, 1.82) is 5.26 Å². The number of carbonyl (C=O) groups is 1. The van der Waals surface area contributed by atoms with Gasteiger partial charge in [0.2, 0.25) is 5.43 Å². The Morgan fingerprint density at radius 2 is 2.10 bits per heavy atom. The van der Waals surface area contributed by atoms with Crippen LogP contribution in [0.4, 0.5) is 10.1 Å². The molecule has 4 rings (SSSR count). The van der Waals surface area contributed by atoms with Gasteiger partial charge in [-0.25, -0.2) is 9.18 Å². The molecule has 1 saturated carbocycles. The Kier molecular flexibility index (Phi) is 5.11. The number of fused-ring (bicyclic) bond motifs is 1. The summed E-state index contributed by atoms with van der Waals surface area (Å²) in [5.74, 6) is -1.30. The fourth-order valence-electron chi connectivity index (χ4n) is 3.72. The maximum atomic E-state index is 15.3. The number of ether oxygens (including phenoxy) is 2. The van der Waals surface area contributed by atoms with Crippen molar-refractivity contribution in [3.05, 3.63) is 57.6 Å². The Bertz CT molecular complexity index is 1320. The van der Waals surface area contributed by atoms with Gasteiger partial charge in [0.15, 0.2) is 5.75 Å². The van der Waals surface area contributed by atoms with Crippen LogP contribution >= 0.6 is 0 Å². The van der Waals surface area contributed by atoms with Crippen LogP contribution in [0, 0.1) is 17.1 Å². The molecule has 1 heterocycles. The molecule has 0 amide bonds. The summed E-state index contributed by atoms with van der Waals surface area (Å²) < 4.78 is 27.7. The molecule has 3 aromatic rings. The highest BCUT2D eigenvalue weighted by Gasteiger charge is 2.30. The van der Waals surface area contributed by atoms with Crippen molar-refractivity contribution < 1.29 is 18.7 Å². The largest absolute Gasteiger partial charge is 0.494 e. The molecule has 0 atom stereocenters. The van der Waals surface area contributed by atoms with Crippen LogP contribution in [0.1, 0.15) is 41.7 Å². The molecule has 0 aliphatic heterocycles. The summed E-state index contributed by atoms with van der Waals surface area (Å²) in [5.41, 5.74) is 6.43. The topological polar surface area (TPSA) is 107 Å². The second kappa shape index (κ2) is 7.76. The van der Waals surface area contributed by atoms with Crippen molar-refractivity contribution in [2.24, 2.45) is 0 Å². The van der Waals surface area contributed by atoms with E-state index in [4.69, 9.17) is 15.2 Å². The van der Waals surface area contributed by atoms with Crippen molar-refractivity contribution in [1.82, 2.24) is 4.57 Å². The molecule has 7 nitrogen and oxygen atoms in total. The molecule has 1 aliphatic carbocycles. The van der Waals surface area contributed by atoms with Crippen LogP contribution in [0.3, 0.4) is 0 Å². The van der Waals surface area contributed by atoms with Gasteiger partial charge in [0.1, 0.15) is 17.4 Å². The first-order chi connectivity index (χ1) is 14.9. The molecule has 158 valence electrons. The van der Waals surface area contributed by atoms with Gasteiger partial charge in [-0.05, 0) is 43.5 Å². The van der Waals surface area contributed by atoms with Crippen molar-refractivity contribution in [2.75, 3.05) is 19.5 Å². The van der Waals surface area contributed by atoms with Gasteiger partial charge in [-0.3, -0.25) is 4.79 Å². The molecule has 1 aliphatic rings. The van der Waals surface area contributed by atoms with Crippen LogP contribution in [0.5, 0.6) is 5.75 Å². The lowest BCUT2D eigenvalue weighted by atomic mass is 9.98. The van der Waals surface area contributed by atoms with E-state index in [1.807, 2.05) is 6.07 Å². The number of benzene rings is 2. The van der Waals surface area contributed by atoms with E-state index in [2.05, 4.69) is 0 Å². The second-order valence-electron chi connectivity index (χ2n) is 7.31. The standard InChI is InChI=1S/C23H20FN3O4/c1-3-31-23(29)16-11-27(14-5-6-14)20-15(21(16)28)9-17(24)19(22(20)30-2)12-4-7-18(26)13(8-12)10-25/h4,7-9,11,14H,3,5-6,26H2,1-2H3. The Morgan fingerprint density at radius 1 is 1.35 bits per heavy atom. The number of nitriles is 1. The molecule has 0 radical (unpaired) electrons. The van der Waals surface area contributed by atoms with Gasteiger partial charge in [-0.1, -0.05) is 6.07 Å². The van der Waals surface area contributed by atoms with E-state index in [9.17, 15) is 14.9 Å². The average Bonchev–Trinajstić information content (AvgIpc) is 3.59. The molecular formula is C23H20FN3O4. The lowest BCUT2D eigenvalue weighted by molar-refractivity contribution is 0.0524. The number of pyridine rings is 1. The molecular weight excluding hydrogens is 401 g/mol. The van der Waals surface area contributed by atoms with Gasteiger partial charge >= 0.3 is 5.97 Å². The number of nitrogens with zero attached hydrogens (tertiary/aromatic N) is 2. The third-order valence-corrected chi connectivity index (χ3v) is 5.32. The minimum Gasteiger partial charge on any atom is -0.494 e. The van der Waals surface area contributed by atoms with Gasteiger partial charge in [0.05, 0.1) is 35.7 Å². The van der Waals surface area contributed by atoms with E-state index in [1.165, 1.54) is 25.4 Å². The summed E-state index contributed by atoms with van der Waals surface area (Å²) in [6.07, 6.45) is 3.18. The van der Waals surface area contributed by atoms with Crippen LogP contribution in [0.15, 0.2) is 35.3 Å². The minimum atomic E-state index is -0.746. The molecule has 0 unspecified atom stereocenters. The fourth-order valence-corrected chi connectivity index (χ4v) is 3.72. The fraction of sp³-hybridized carbons (Fsp3) is 0.261. The van der Waals surface area contributed by atoms with E-state index in [1.54, 1.807) is 17.6 Å². The van der Waals surface area contributed by atoms with E-state index in [-0.39, 0.29) is 46.2 Å². The van der Waals surface area contributed by atoms with Gasteiger partial charge in [-0.15, -0.1) is 0 Å². The third kappa shape index (κ3) is 3.38. The molecule has 0 saturated heterocycles. The molecule has 2 aromatic carbocycles. The number of esters is 1. The summed E-state index contributed by atoms with van der Waals surface area (Å²) in [6.45, 7) is 1.77. The van der Waals surface area contributed by atoms with Gasteiger partial charge in [0, 0.05) is 17.9 Å². The number of hydrogen-bond donors (Lipinski definition) is 1. The van der Waals surface area contributed by atoms with E-state index >= 15 is 4.39 Å². The highest BCUT2D eigenvalue weighted by molar-refractivity contribution is 5.98. The Hall–Kier alpha value is -3.86. The monoisotopic (exact) mass is 421 g/mol. The highest BCUT2D eigenvalue weighted by Crippen LogP contribution is 2.44. The summed E-state index contributed by atoms with van der Waals surface area (Å²) in [5, 5.41) is 9.33. The highest BCUT2D eigenvalue weighted by atomic mass is 19.1. The lowest BCUT2D eigenvalue weighted by Crippen LogP contribution is -2.21. The zero-order valence-corrected chi connectivity index (χ0v) is 17.1. The number of carbonyl (C=O) groups excluding carboxylic acids is 1. The van der Waals surface area contributed by atoms with Gasteiger partial charge in [-0.2, -0.15) is 5.26 Å². The maximum absolute atomic E-state index is 15.3. The van der Waals surface area contributed by atoms with Crippen molar-refractivity contribution >= 4 is 22.6 Å². The van der Waals surface area contributed by atoms with Crippen molar-refractivity contribution in [3.8, 4) is 22.9 Å². The molecule has 2 N–H and O–H groups in total. The second-order valence-corrected chi connectivity index (χ2v) is 7.31. The molecule has 8 heteroatoms. The predicted molar refractivity (Wildman–Crippen MR) is 114 cm³/mol. The number of anilines is 1. The van der Waals surface area contributed by atoms with Crippen molar-refractivity contribution in [2.45, 2.75) is 25.8 Å². The van der Waals surface area contributed by atoms with E-state index < -0.39 is 17.2 Å². The molecule has 0 bridgehead atoms. The Balaban J connectivity index is 2.08. The van der Waals surface area contributed by atoms with Crippen LogP contribution in [-0.2, 0) is 4.74 Å². The number of methoxy groups -OCH3 is 1. The summed E-state index contributed by atoms with van der Waals surface area (Å²) >= 11 is 0. The van der Waals surface area contributed by atoms with Crippen LogP contribution in [0.2, 0.25) is 0 Å². The molecule has 31 heavy (non-hydrogen) atoms. The summed E-state index contributed by atoms with van der Waals surface area (Å²) in [7, 11) is 1.39. The summed E-state index contributed by atoms with van der Waals surface area (Å²) in [4.78, 5) is 25.4. The first kappa shape index (κ1) is 20.4. The zero-order valence-electron chi connectivity index (χ0n) is 17.1. The zero-order chi connectivity index (χ0) is 22.3. The molecule has 0 spiro atoms. The first-order valence-electron chi connectivity index (χ1n) is 9.83. The van der Waals surface area contributed by atoms with Crippen molar-refractivity contribution in [3.63, 3.8) is 0 Å². The van der Waals surface area contributed by atoms with Crippen LogP contribution < -0.4 is 15.9 Å². The molecule has 1 fully saturated rings. The van der Waals surface area contributed by atoms with Gasteiger partial charge in [0.25, 0.3) is 0 Å². The minimum absolute atomic E-state index is 0.0338. The third-order valence-electron chi connectivity index (χ3n) is 5.32. The Labute approximate surface area is 177 Å². The summed E-state index contributed by atoms with van der Waals surface area (Å²) in [6, 6.07) is 7.75. The average molecular weight is 421 g/mol. The SMILES string of the molecule is CCOC(=O)c1cn(C2CC2)c2c(OC)c(-c3ccc(N)c(C#N)c3)c(F)cc2c1=O. The Morgan fingerprint density at radius 3 is 2.71 bits per heavy atom. The van der Waals surface area contributed by atoms with Gasteiger partial charge < -0.3 is 19.8 Å². The number of aromatic nitrogens is 1. The quantitative estimate of drug-likeness (QED) is 0.496. The van der Waals surface area contributed by atoms with E-state index in [0.717, 1.165) is 18.9 Å².